The average molecular weight is 515 g/mol. The predicted molar refractivity (Wildman–Crippen MR) is 136 cm³/mol. The second-order valence-electron chi connectivity index (χ2n) is 9.97. The molecule has 2 aromatic carbocycles. The highest BCUT2D eigenvalue weighted by atomic mass is 16.4. The molecule has 0 heterocycles. The number of benzene rings is 2. The Kier molecular flexibility index (Phi) is 9.24. The second-order valence-corrected chi connectivity index (χ2v) is 9.97. The molecule has 3 amide bonds. The highest BCUT2D eigenvalue weighted by Gasteiger charge is 2.34. The number of carboxylic acid groups (broad SMARTS) is 1. The summed E-state index contributed by atoms with van der Waals surface area (Å²) in [7, 11) is 0. The number of nitrogens with two attached hydrogens (primary N) is 1. The molecule has 37 heavy (non-hydrogen) atoms. The Bertz CT molecular complexity index is 1120. The Balaban J connectivity index is 2.34. The number of carbonyl (C=O) groups is 4. The Morgan fingerprint density at radius 2 is 1.16 bits per heavy atom. The first-order valence-corrected chi connectivity index (χ1v) is 11.6. The van der Waals surface area contributed by atoms with Crippen LogP contribution in [-0.2, 0) is 32.0 Å². The molecule has 8 N–H and O–H groups in total. The molecule has 0 spiro atoms. The van der Waals surface area contributed by atoms with Gasteiger partial charge in [0.05, 0.1) is 5.54 Å². The zero-order chi connectivity index (χ0) is 28.0. The van der Waals surface area contributed by atoms with Crippen molar-refractivity contribution in [2.45, 2.75) is 63.7 Å². The Morgan fingerprint density at radius 1 is 0.757 bits per heavy atom. The van der Waals surface area contributed by atoms with Gasteiger partial charge in [-0.25, -0.2) is 4.79 Å². The predicted octanol–water partition coefficient (Wildman–Crippen LogP) is 0.569. The van der Waals surface area contributed by atoms with Crippen LogP contribution in [0, 0.1) is 0 Å². The molecular weight excluding hydrogens is 480 g/mol. The van der Waals surface area contributed by atoms with Crippen LogP contribution in [0.15, 0.2) is 48.5 Å². The molecule has 200 valence electrons. The zero-order valence-corrected chi connectivity index (χ0v) is 21.2. The van der Waals surface area contributed by atoms with Gasteiger partial charge in [-0.15, -0.1) is 0 Å². The van der Waals surface area contributed by atoms with E-state index in [0.29, 0.717) is 11.1 Å². The van der Waals surface area contributed by atoms with Crippen LogP contribution >= 0.6 is 0 Å². The molecule has 0 saturated carbocycles. The largest absolute Gasteiger partial charge is 0.508 e. The van der Waals surface area contributed by atoms with Crippen molar-refractivity contribution in [2.75, 3.05) is 0 Å². The summed E-state index contributed by atoms with van der Waals surface area (Å²) < 4.78 is 0. The summed E-state index contributed by atoms with van der Waals surface area (Å²) >= 11 is 0. The van der Waals surface area contributed by atoms with Crippen LogP contribution in [0.1, 0.15) is 38.8 Å². The highest BCUT2D eigenvalue weighted by molar-refractivity contribution is 5.95. The number of aliphatic carboxylic acids is 1. The van der Waals surface area contributed by atoms with Gasteiger partial charge in [0.1, 0.15) is 29.1 Å². The van der Waals surface area contributed by atoms with E-state index in [-0.39, 0.29) is 24.3 Å². The van der Waals surface area contributed by atoms with Gasteiger partial charge in [0.2, 0.25) is 17.7 Å². The molecule has 0 bridgehead atoms. The minimum Gasteiger partial charge on any atom is -0.508 e. The van der Waals surface area contributed by atoms with E-state index < -0.39 is 46.9 Å². The number of aromatic hydroxyl groups is 2. The topological polar surface area (TPSA) is 191 Å². The Labute approximate surface area is 215 Å². The van der Waals surface area contributed by atoms with E-state index in [0.717, 1.165) is 0 Å². The van der Waals surface area contributed by atoms with Crippen molar-refractivity contribution in [1.82, 2.24) is 16.0 Å². The highest BCUT2D eigenvalue weighted by Crippen LogP contribution is 2.14. The molecule has 11 nitrogen and oxygen atoms in total. The molecule has 2 atom stereocenters. The number of rotatable bonds is 11. The third-order valence-electron chi connectivity index (χ3n) is 5.56. The first kappa shape index (κ1) is 29.1. The molecule has 0 aliphatic carbocycles. The molecule has 0 saturated heterocycles. The summed E-state index contributed by atoms with van der Waals surface area (Å²) in [6.07, 6.45) is 0.0118. The number of hydrogen-bond acceptors (Lipinski definition) is 7. The maximum Gasteiger partial charge on any atom is 0.328 e. The van der Waals surface area contributed by atoms with Crippen molar-refractivity contribution < 1.29 is 34.5 Å². The number of phenols is 2. The lowest BCUT2D eigenvalue weighted by Gasteiger charge is -2.28. The SMILES string of the molecule is CC(C)(N)C(=O)N[C@@H](Cc1ccc(O)cc1)C(=O)N[C@@H](Cc1ccc(O)cc1)C(=O)NC(C)(C)C(=O)O. The third-order valence-corrected chi connectivity index (χ3v) is 5.56. The van der Waals surface area contributed by atoms with Crippen molar-refractivity contribution >= 4 is 23.7 Å². The van der Waals surface area contributed by atoms with Crippen LogP contribution in [0.3, 0.4) is 0 Å². The average Bonchev–Trinajstić information content (AvgIpc) is 2.79. The van der Waals surface area contributed by atoms with Gasteiger partial charge in [0.25, 0.3) is 0 Å². The van der Waals surface area contributed by atoms with E-state index in [1.807, 2.05) is 0 Å². The van der Waals surface area contributed by atoms with Crippen molar-refractivity contribution in [1.29, 1.82) is 0 Å². The van der Waals surface area contributed by atoms with Gasteiger partial charge in [-0.1, -0.05) is 24.3 Å². The lowest BCUT2D eigenvalue weighted by Crippen LogP contribution is -2.61. The van der Waals surface area contributed by atoms with Crippen LogP contribution in [0.4, 0.5) is 0 Å². The van der Waals surface area contributed by atoms with E-state index in [1.165, 1.54) is 52.0 Å². The number of amides is 3. The number of phenolic OH excluding ortho intramolecular Hbond substituents is 2. The van der Waals surface area contributed by atoms with Crippen molar-refractivity contribution in [2.24, 2.45) is 5.73 Å². The van der Waals surface area contributed by atoms with E-state index in [1.54, 1.807) is 24.3 Å². The fourth-order valence-electron chi connectivity index (χ4n) is 3.22. The van der Waals surface area contributed by atoms with Crippen molar-refractivity contribution in [3.8, 4) is 11.5 Å². The summed E-state index contributed by atoms with van der Waals surface area (Å²) in [6.45, 7) is 5.58. The number of hydrogen-bond donors (Lipinski definition) is 7. The maximum absolute atomic E-state index is 13.4. The summed E-state index contributed by atoms with van der Waals surface area (Å²) in [5.41, 5.74) is 4.20. The zero-order valence-electron chi connectivity index (χ0n) is 21.2. The minimum absolute atomic E-state index is 0.0156. The van der Waals surface area contributed by atoms with Gasteiger partial charge in [0, 0.05) is 12.8 Å². The molecule has 0 radical (unpaired) electrons. The molecule has 0 aromatic heterocycles. The van der Waals surface area contributed by atoms with Crippen LogP contribution in [0.25, 0.3) is 0 Å². The van der Waals surface area contributed by atoms with E-state index >= 15 is 0 Å². The smallest absolute Gasteiger partial charge is 0.328 e. The summed E-state index contributed by atoms with van der Waals surface area (Å²) in [6, 6.07) is 9.68. The van der Waals surface area contributed by atoms with Gasteiger partial charge in [0.15, 0.2) is 0 Å². The minimum atomic E-state index is -1.61. The number of nitrogens with one attached hydrogen (secondary N) is 3. The van der Waals surface area contributed by atoms with Gasteiger partial charge in [-0.3, -0.25) is 14.4 Å². The maximum atomic E-state index is 13.4. The van der Waals surface area contributed by atoms with E-state index in [4.69, 9.17) is 5.73 Å². The van der Waals surface area contributed by atoms with Crippen molar-refractivity contribution in [3.63, 3.8) is 0 Å². The molecule has 2 rings (SSSR count). The second kappa shape index (κ2) is 11.7. The first-order valence-electron chi connectivity index (χ1n) is 11.6. The monoisotopic (exact) mass is 514 g/mol. The van der Waals surface area contributed by atoms with Gasteiger partial charge >= 0.3 is 5.97 Å². The van der Waals surface area contributed by atoms with Crippen LogP contribution < -0.4 is 21.7 Å². The quantitative estimate of drug-likeness (QED) is 0.226. The van der Waals surface area contributed by atoms with E-state index in [9.17, 15) is 34.5 Å². The molecule has 11 heteroatoms. The molecule has 0 aliphatic rings. The van der Waals surface area contributed by atoms with Gasteiger partial charge in [-0.05, 0) is 63.1 Å². The van der Waals surface area contributed by atoms with Gasteiger partial charge in [-0.2, -0.15) is 0 Å². The van der Waals surface area contributed by atoms with Crippen molar-refractivity contribution in [3.05, 3.63) is 59.7 Å². The van der Waals surface area contributed by atoms with E-state index in [2.05, 4.69) is 16.0 Å². The standard InChI is InChI=1S/C26H34N4O7/c1-25(2,27)23(35)29-19(13-15-5-9-17(31)10-6-15)21(33)28-20(14-16-7-11-18(32)12-8-16)22(34)30-26(3,4)24(36)37/h5-12,19-20,31-32H,13-14,27H2,1-4H3,(H,28,33)(H,29,35)(H,30,34)(H,36,37)/t19-,20-/m0/s1. The lowest BCUT2D eigenvalue weighted by molar-refractivity contribution is -0.146. The molecule has 0 aliphatic heterocycles. The van der Waals surface area contributed by atoms with Crippen LogP contribution in [0.5, 0.6) is 11.5 Å². The summed E-state index contributed by atoms with van der Waals surface area (Å²) in [5.74, 6) is -3.26. The third kappa shape index (κ3) is 8.80. The Morgan fingerprint density at radius 3 is 1.54 bits per heavy atom. The Hall–Kier alpha value is -4.12. The molecule has 0 unspecified atom stereocenters. The summed E-state index contributed by atoms with van der Waals surface area (Å²) in [5, 5.41) is 36.2. The van der Waals surface area contributed by atoms with Crippen LogP contribution in [-0.4, -0.2) is 62.2 Å². The number of carbonyl (C=O) groups excluding carboxylic acids is 3. The number of carboxylic acids is 1. The molecule has 2 aromatic rings. The first-order chi connectivity index (χ1) is 17.1. The van der Waals surface area contributed by atoms with Gasteiger partial charge < -0.3 is 37.0 Å². The fraction of sp³-hybridized carbons (Fsp3) is 0.385. The van der Waals surface area contributed by atoms with Crippen LogP contribution in [0.2, 0.25) is 0 Å². The molecule has 0 fully saturated rings. The summed E-state index contributed by atoms with van der Waals surface area (Å²) in [4.78, 5) is 50.6. The lowest BCUT2D eigenvalue weighted by atomic mass is 9.99. The molecular formula is C26H34N4O7. The normalized spacial score (nSPS) is 13.2. The fourth-order valence-corrected chi connectivity index (χ4v) is 3.22.